The number of nitrogens with one attached hydrogen (secondary N) is 2. The van der Waals surface area contributed by atoms with Crippen LogP contribution in [-0.4, -0.2) is 31.1 Å². The monoisotopic (exact) mass is 424 g/mol. The van der Waals surface area contributed by atoms with Gasteiger partial charge in [0.05, 0.1) is 5.56 Å². The Bertz CT molecular complexity index is 1060. The number of imide groups is 1. The number of esters is 1. The van der Waals surface area contributed by atoms with Crippen molar-refractivity contribution in [3.63, 3.8) is 0 Å². The maximum Gasteiger partial charge on any atom is 0.375 e. The highest BCUT2D eigenvalue weighted by Crippen LogP contribution is 2.28. The molecule has 2 aromatic carbocycles. The molecule has 3 rings (SSSR count). The molecule has 3 aromatic rings. The Labute approximate surface area is 179 Å². The molecule has 0 atom stereocenters. The Kier molecular flexibility index (Phi) is 7.26. The molecule has 0 aliphatic rings. The summed E-state index contributed by atoms with van der Waals surface area (Å²) in [6.45, 7) is 3.73. The van der Waals surface area contributed by atoms with E-state index in [1.807, 2.05) is 44.2 Å². The Balaban J connectivity index is 1.66. The molecular formula is C23H24N2O6. The van der Waals surface area contributed by atoms with E-state index in [-0.39, 0.29) is 18.3 Å². The third kappa shape index (κ3) is 6.08. The molecule has 0 bridgehead atoms. The van der Waals surface area contributed by atoms with Gasteiger partial charge < -0.3 is 19.2 Å². The average Bonchev–Trinajstić information content (AvgIpc) is 3.14. The van der Waals surface area contributed by atoms with Gasteiger partial charge in [-0.25, -0.2) is 9.59 Å². The first-order valence-corrected chi connectivity index (χ1v) is 9.87. The number of hydrogen-bond donors (Lipinski definition) is 2. The molecule has 0 aliphatic carbocycles. The summed E-state index contributed by atoms with van der Waals surface area (Å²) in [6.07, 6.45) is 0. The quantitative estimate of drug-likeness (QED) is 0.535. The number of carbonyl (C=O) groups is 3. The van der Waals surface area contributed by atoms with Gasteiger partial charge in [-0.2, -0.15) is 0 Å². The second-order valence-electron chi connectivity index (χ2n) is 7.24. The molecule has 0 radical (unpaired) electrons. The van der Waals surface area contributed by atoms with Crippen LogP contribution in [0.5, 0.6) is 5.75 Å². The van der Waals surface area contributed by atoms with Crippen LogP contribution in [0.2, 0.25) is 0 Å². The fourth-order valence-corrected chi connectivity index (χ4v) is 2.78. The minimum Gasteiger partial charge on any atom is -0.489 e. The SMILES string of the molecule is CC(C)CNC(=O)NC(=O)COC(=O)c1oc2ccccc2c1COc1ccccc1. The topological polar surface area (TPSA) is 107 Å². The number of urea groups is 1. The zero-order valence-electron chi connectivity index (χ0n) is 17.3. The van der Waals surface area contributed by atoms with Crippen LogP contribution in [0.4, 0.5) is 4.79 Å². The summed E-state index contributed by atoms with van der Waals surface area (Å²) in [5, 5.41) is 5.36. The van der Waals surface area contributed by atoms with Crippen molar-refractivity contribution in [1.82, 2.24) is 10.6 Å². The second-order valence-corrected chi connectivity index (χ2v) is 7.24. The molecule has 0 unspecified atom stereocenters. The first kappa shape index (κ1) is 21.9. The molecule has 0 spiro atoms. The predicted octanol–water partition coefficient (Wildman–Crippen LogP) is 3.65. The van der Waals surface area contributed by atoms with E-state index in [0.717, 1.165) is 0 Å². The lowest BCUT2D eigenvalue weighted by atomic mass is 10.1. The van der Waals surface area contributed by atoms with Gasteiger partial charge in [0.15, 0.2) is 6.61 Å². The minimum atomic E-state index is -0.819. The first-order valence-electron chi connectivity index (χ1n) is 9.87. The third-order valence-corrected chi connectivity index (χ3v) is 4.27. The molecule has 1 aromatic heterocycles. The predicted molar refractivity (Wildman–Crippen MR) is 114 cm³/mol. The van der Waals surface area contributed by atoms with E-state index in [0.29, 0.717) is 28.8 Å². The number of furan rings is 1. The van der Waals surface area contributed by atoms with Gasteiger partial charge in [0.2, 0.25) is 5.76 Å². The van der Waals surface area contributed by atoms with E-state index in [4.69, 9.17) is 13.9 Å². The van der Waals surface area contributed by atoms with E-state index in [2.05, 4.69) is 10.6 Å². The van der Waals surface area contributed by atoms with Crippen molar-refractivity contribution >= 4 is 28.9 Å². The van der Waals surface area contributed by atoms with Crippen LogP contribution in [0.15, 0.2) is 59.0 Å². The van der Waals surface area contributed by atoms with Crippen LogP contribution in [0, 0.1) is 5.92 Å². The van der Waals surface area contributed by atoms with Crippen molar-refractivity contribution in [1.29, 1.82) is 0 Å². The van der Waals surface area contributed by atoms with Crippen LogP contribution in [0.1, 0.15) is 30.0 Å². The lowest BCUT2D eigenvalue weighted by Crippen LogP contribution is -2.42. The van der Waals surface area contributed by atoms with E-state index in [9.17, 15) is 14.4 Å². The summed E-state index contributed by atoms with van der Waals surface area (Å²) in [5.41, 5.74) is 1.01. The Morgan fingerprint density at radius 3 is 2.45 bits per heavy atom. The zero-order valence-corrected chi connectivity index (χ0v) is 17.3. The fraction of sp³-hybridized carbons (Fsp3) is 0.261. The number of carbonyl (C=O) groups excluding carboxylic acids is 3. The highest BCUT2D eigenvalue weighted by molar-refractivity contribution is 5.99. The third-order valence-electron chi connectivity index (χ3n) is 4.27. The molecule has 0 saturated carbocycles. The van der Waals surface area contributed by atoms with Gasteiger partial charge in [-0.1, -0.05) is 50.2 Å². The molecule has 0 fully saturated rings. The minimum absolute atomic E-state index is 0.0470. The number of rotatable bonds is 8. The lowest BCUT2D eigenvalue weighted by molar-refractivity contribution is -0.123. The van der Waals surface area contributed by atoms with Crippen LogP contribution >= 0.6 is 0 Å². The highest BCUT2D eigenvalue weighted by atomic mass is 16.5. The van der Waals surface area contributed by atoms with E-state index < -0.39 is 24.5 Å². The van der Waals surface area contributed by atoms with Gasteiger partial charge in [-0.15, -0.1) is 0 Å². The Morgan fingerprint density at radius 1 is 1.00 bits per heavy atom. The van der Waals surface area contributed by atoms with Crippen molar-refractivity contribution < 1.29 is 28.3 Å². The van der Waals surface area contributed by atoms with Crippen molar-refractivity contribution in [2.45, 2.75) is 20.5 Å². The number of benzene rings is 2. The maximum atomic E-state index is 12.6. The van der Waals surface area contributed by atoms with Crippen LogP contribution in [0.25, 0.3) is 11.0 Å². The standard InChI is InChI=1S/C23H24N2O6/c1-15(2)12-24-23(28)25-20(26)14-30-22(27)21-18(13-29-16-8-4-3-5-9-16)17-10-6-7-11-19(17)31-21/h3-11,15H,12-14H2,1-2H3,(H2,24,25,26,28). The lowest BCUT2D eigenvalue weighted by Gasteiger charge is -2.09. The number of amides is 3. The summed E-state index contributed by atoms with van der Waals surface area (Å²) < 4.78 is 16.5. The number of para-hydroxylation sites is 2. The molecule has 0 aliphatic heterocycles. The molecule has 0 saturated heterocycles. The first-order chi connectivity index (χ1) is 14.9. The molecule has 8 heteroatoms. The number of hydrogen-bond acceptors (Lipinski definition) is 6. The second kappa shape index (κ2) is 10.3. The summed E-state index contributed by atoms with van der Waals surface area (Å²) in [7, 11) is 0. The van der Waals surface area contributed by atoms with Crippen molar-refractivity contribution in [2.75, 3.05) is 13.2 Å². The molecule has 162 valence electrons. The maximum absolute atomic E-state index is 12.6. The summed E-state index contributed by atoms with van der Waals surface area (Å²) >= 11 is 0. The van der Waals surface area contributed by atoms with Gasteiger partial charge in [-0.3, -0.25) is 10.1 Å². The van der Waals surface area contributed by atoms with Gasteiger partial charge >= 0.3 is 12.0 Å². The summed E-state index contributed by atoms with van der Waals surface area (Å²) in [5.74, 6) is -0.732. The number of ether oxygens (including phenoxy) is 2. The smallest absolute Gasteiger partial charge is 0.375 e. The normalized spacial score (nSPS) is 10.7. The molecule has 2 N–H and O–H groups in total. The Morgan fingerprint density at radius 2 is 1.71 bits per heavy atom. The summed E-state index contributed by atoms with van der Waals surface area (Å²) in [6, 6.07) is 15.7. The highest BCUT2D eigenvalue weighted by Gasteiger charge is 2.23. The van der Waals surface area contributed by atoms with Crippen molar-refractivity contribution in [3.8, 4) is 5.75 Å². The van der Waals surface area contributed by atoms with Gasteiger partial charge in [0.1, 0.15) is 17.9 Å². The summed E-state index contributed by atoms with van der Waals surface area (Å²) in [4.78, 5) is 36.1. The Hall–Kier alpha value is -3.81. The molecule has 1 heterocycles. The van der Waals surface area contributed by atoms with Crippen molar-refractivity contribution in [2.24, 2.45) is 5.92 Å². The van der Waals surface area contributed by atoms with E-state index in [1.54, 1.807) is 24.3 Å². The number of fused-ring (bicyclic) bond motifs is 1. The molecular weight excluding hydrogens is 400 g/mol. The van der Waals surface area contributed by atoms with E-state index >= 15 is 0 Å². The largest absolute Gasteiger partial charge is 0.489 e. The van der Waals surface area contributed by atoms with Gasteiger partial charge in [0, 0.05) is 11.9 Å². The van der Waals surface area contributed by atoms with Crippen LogP contribution in [-0.2, 0) is 16.1 Å². The van der Waals surface area contributed by atoms with Crippen LogP contribution in [0.3, 0.4) is 0 Å². The van der Waals surface area contributed by atoms with Gasteiger partial charge in [0.25, 0.3) is 5.91 Å². The molecule has 8 nitrogen and oxygen atoms in total. The van der Waals surface area contributed by atoms with Crippen LogP contribution < -0.4 is 15.4 Å². The van der Waals surface area contributed by atoms with Crippen molar-refractivity contribution in [3.05, 3.63) is 65.9 Å². The zero-order chi connectivity index (χ0) is 22.2. The average molecular weight is 424 g/mol. The fourth-order valence-electron chi connectivity index (χ4n) is 2.78. The molecule has 3 amide bonds. The van der Waals surface area contributed by atoms with Gasteiger partial charge in [-0.05, 0) is 24.1 Å². The van der Waals surface area contributed by atoms with E-state index in [1.165, 1.54) is 0 Å². The molecule has 31 heavy (non-hydrogen) atoms.